The van der Waals surface area contributed by atoms with Crippen molar-refractivity contribution in [3.63, 3.8) is 0 Å². The minimum atomic E-state index is -1.36. The number of carbonyl (C=O) groups is 3. The van der Waals surface area contributed by atoms with E-state index in [1.807, 2.05) is 65.6 Å². The van der Waals surface area contributed by atoms with Gasteiger partial charge in [0, 0.05) is 27.0 Å². The molecule has 1 amide bonds. The number of hydrogen-bond acceptors (Lipinski definition) is 6. The van der Waals surface area contributed by atoms with Crippen LogP contribution in [0.4, 0.5) is 11.4 Å². The minimum absolute atomic E-state index is 0.0769. The molecule has 206 valence electrons. The molecule has 4 aromatic carbocycles. The van der Waals surface area contributed by atoms with Gasteiger partial charge in [-0.05, 0) is 53.6 Å². The van der Waals surface area contributed by atoms with Gasteiger partial charge in [0.1, 0.15) is 11.5 Å². The van der Waals surface area contributed by atoms with Gasteiger partial charge in [0.2, 0.25) is 12.7 Å². The van der Waals surface area contributed by atoms with E-state index < -0.39 is 23.4 Å². The largest absolute Gasteiger partial charge is 0.454 e. The van der Waals surface area contributed by atoms with Gasteiger partial charge in [0.25, 0.3) is 0 Å². The Morgan fingerprint density at radius 3 is 2.45 bits per heavy atom. The van der Waals surface area contributed by atoms with Gasteiger partial charge in [-0.2, -0.15) is 0 Å². The first-order valence-electron chi connectivity index (χ1n) is 13.7. The molecule has 1 spiro atoms. The third-order valence-corrected chi connectivity index (χ3v) is 9.41. The lowest BCUT2D eigenvalue weighted by Gasteiger charge is -2.37. The van der Waals surface area contributed by atoms with Crippen LogP contribution in [0.15, 0.2) is 102 Å². The van der Waals surface area contributed by atoms with Gasteiger partial charge in [-0.25, -0.2) is 0 Å². The number of ether oxygens (including phenoxy) is 2. The van der Waals surface area contributed by atoms with Crippen LogP contribution < -0.4 is 19.7 Å². The van der Waals surface area contributed by atoms with Crippen molar-refractivity contribution >= 4 is 50.9 Å². The predicted molar refractivity (Wildman–Crippen MR) is 161 cm³/mol. The molecule has 1 saturated heterocycles. The lowest BCUT2D eigenvalue weighted by Crippen LogP contribution is -2.51. The van der Waals surface area contributed by atoms with Crippen LogP contribution >= 0.6 is 15.9 Å². The van der Waals surface area contributed by atoms with Gasteiger partial charge >= 0.3 is 0 Å². The number of nitrogens with zero attached hydrogens (tertiary/aromatic N) is 1. The molecular weight excluding hydrogens is 596 g/mol. The fourth-order valence-electron chi connectivity index (χ4n) is 7.13. The summed E-state index contributed by atoms with van der Waals surface area (Å²) in [4.78, 5) is 46.0. The van der Waals surface area contributed by atoms with Gasteiger partial charge in [-0.3, -0.25) is 14.4 Å². The van der Waals surface area contributed by atoms with Crippen LogP contribution in [-0.2, 0) is 10.2 Å². The minimum Gasteiger partial charge on any atom is -0.454 e. The fourth-order valence-corrected chi connectivity index (χ4v) is 7.40. The fraction of sp³-hybridized carbons (Fsp3) is 0.147. The number of Topliss-reactive ketones (excluding diaryl/α,β-unsaturated/α-hetero) is 2. The van der Waals surface area contributed by atoms with Gasteiger partial charge < -0.3 is 19.7 Å². The zero-order chi connectivity index (χ0) is 28.6. The summed E-state index contributed by atoms with van der Waals surface area (Å²) in [6, 6.07) is 25.8. The number of carbonyl (C=O) groups excluding carboxylic acids is 3. The number of amides is 1. The highest BCUT2D eigenvalue weighted by atomic mass is 79.9. The van der Waals surface area contributed by atoms with Crippen molar-refractivity contribution in [1.82, 2.24) is 0 Å². The zero-order valence-electron chi connectivity index (χ0n) is 22.1. The van der Waals surface area contributed by atoms with Crippen LogP contribution in [0.5, 0.6) is 11.5 Å². The second-order valence-corrected chi connectivity index (χ2v) is 11.8. The van der Waals surface area contributed by atoms with Crippen molar-refractivity contribution in [2.24, 2.45) is 5.92 Å². The molecule has 1 N–H and O–H groups in total. The SMILES string of the molecule is O=C(c1ccc2c(c1)OCO2)[C@@H]1[C@H](C(=O)c2ccc(Br)cc2)[C@@]2(C(=O)Nc3ccccc32)[C@@H]2C=Cc3ccccc3N12. The molecule has 4 aliphatic rings. The number of rotatable bonds is 4. The van der Waals surface area contributed by atoms with E-state index in [-0.39, 0.29) is 24.3 Å². The summed E-state index contributed by atoms with van der Waals surface area (Å²) in [6.07, 6.45) is 3.96. The van der Waals surface area contributed by atoms with E-state index in [1.54, 1.807) is 42.5 Å². The van der Waals surface area contributed by atoms with E-state index in [2.05, 4.69) is 21.2 Å². The van der Waals surface area contributed by atoms with Gasteiger partial charge in [-0.15, -0.1) is 0 Å². The van der Waals surface area contributed by atoms with Crippen LogP contribution in [0.1, 0.15) is 31.8 Å². The summed E-state index contributed by atoms with van der Waals surface area (Å²) in [5.41, 5.74) is 2.53. The standard InChI is InChI=1S/C34H23BrN2O5/c35-22-13-9-20(10-14-22)31(38)29-30(32(39)21-11-15-26-27(17-21)42-18-41-26)37-25-8-4-1-5-19(25)12-16-28(37)34(29)23-6-2-3-7-24(23)36-33(34)40/h1-17,28-30H,18H2,(H,36,40)/t28-,29+,30-,34-/m0/s1. The summed E-state index contributed by atoms with van der Waals surface area (Å²) in [5.74, 6) is -0.837. The molecule has 0 radical (unpaired) electrons. The van der Waals surface area contributed by atoms with E-state index in [0.717, 1.165) is 15.7 Å². The van der Waals surface area contributed by atoms with Crippen molar-refractivity contribution in [2.45, 2.75) is 17.5 Å². The number of hydrogen-bond donors (Lipinski definition) is 1. The molecule has 4 aliphatic heterocycles. The molecule has 1 fully saturated rings. The number of benzene rings is 4. The number of ketones is 2. The van der Waals surface area contributed by atoms with Crippen LogP contribution in [-0.4, -0.2) is 36.4 Å². The highest BCUT2D eigenvalue weighted by Crippen LogP contribution is 2.58. The van der Waals surface area contributed by atoms with E-state index in [0.29, 0.717) is 33.9 Å². The normalized spacial score (nSPS) is 24.3. The molecule has 0 aliphatic carbocycles. The Hall–Kier alpha value is -4.69. The third-order valence-electron chi connectivity index (χ3n) is 8.88. The molecule has 0 unspecified atom stereocenters. The Balaban J connectivity index is 1.41. The average Bonchev–Trinajstić information content (AvgIpc) is 3.70. The summed E-state index contributed by atoms with van der Waals surface area (Å²) in [5, 5.41) is 3.06. The van der Waals surface area contributed by atoms with Crippen molar-refractivity contribution in [2.75, 3.05) is 17.0 Å². The van der Waals surface area contributed by atoms with Crippen molar-refractivity contribution < 1.29 is 23.9 Å². The second-order valence-electron chi connectivity index (χ2n) is 10.9. The number of anilines is 2. The average molecular weight is 619 g/mol. The van der Waals surface area contributed by atoms with E-state index >= 15 is 0 Å². The number of halogens is 1. The number of fused-ring (bicyclic) bond motifs is 7. The molecule has 0 aromatic heterocycles. The smallest absolute Gasteiger partial charge is 0.238 e. The Labute approximate surface area is 249 Å². The van der Waals surface area contributed by atoms with Gasteiger partial charge in [-0.1, -0.05) is 76.6 Å². The zero-order valence-corrected chi connectivity index (χ0v) is 23.7. The Morgan fingerprint density at radius 2 is 1.60 bits per heavy atom. The van der Waals surface area contributed by atoms with E-state index in [4.69, 9.17) is 9.47 Å². The molecule has 0 bridgehead atoms. The summed E-state index contributed by atoms with van der Waals surface area (Å²) < 4.78 is 11.9. The molecular formula is C34H23BrN2O5. The highest BCUT2D eigenvalue weighted by molar-refractivity contribution is 9.10. The highest BCUT2D eigenvalue weighted by Gasteiger charge is 2.70. The molecule has 8 rings (SSSR count). The maximum atomic E-state index is 14.8. The molecule has 4 aromatic rings. The maximum Gasteiger partial charge on any atom is 0.238 e. The monoisotopic (exact) mass is 618 g/mol. The van der Waals surface area contributed by atoms with E-state index in [1.165, 1.54) is 0 Å². The lowest BCUT2D eigenvalue weighted by molar-refractivity contribution is -0.121. The van der Waals surface area contributed by atoms with Crippen LogP contribution in [0.2, 0.25) is 0 Å². The van der Waals surface area contributed by atoms with Crippen molar-refractivity contribution in [3.05, 3.63) is 124 Å². The first kappa shape index (κ1) is 25.1. The third kappa shape index (κ3) is 3.35. The Bertz CT molecular complexity index is 1850. The van der Waals surface area contributed by atoms with E-state index in [9.17, 15) is 14.4 Å². The molecule has 4 atom stereocenters. The summed E-state index contributed by atoms with van der Waals surface area (Å²) >= 11 is 3.46. The van der Waals surface area contributed by atoms with Gasteiger partial charge in [0.15, 0.2) is 23.1 Å². The van der Waals surface area contributed by atoms with Gasteiger partial charge in [0.05, 0.1) is 12.0 Å². The molecule has 42 heavy (non-hydrogen) atoms. The predicted octanol–water partition coefficient (Wildman–Crippen LogP) is 6.03. The van der Waals surface area contributed by atoms with Crippen LogP contribution in [0.25, 0.3) is 6.08 Å². The summed E-state index contributed by atoms with van der Waals surface area (Å²) in [6.45, 7) is 0.0769. The summed E-state index contributed by atoms with van der Waals surface area (Å²) in [7, 11) is 0. The first-order chi connectivity index (χ1) is 20.5. The Kier molecular flexibility index (Phi) is 5.46. The molecule has 7 nitrogen and oxygen atoms in total. The molecule has 0 saturated carbocycles. The first-order valence-corrected chi connectivity index (χ1v) is 14.5. The Morgan fingerprint density at radius 1 is 0.857 bits per heavy atom. The van der Waals surface area contributed by atoms with Crippen molar-refractivity contribution in [1.29, 1.82) is 0 Å². The topological polar surface area (TPSA) is 84.9 Å². The van der Waals surface area contributed by atoms with Crippen LogP contribution in [0.3, 0.4) is 0 Å². The molecule has 8 heteroatoms. The number of para-hydroxylation sites is 2. The second kappa shape index (κ2) is 9.16. The molecule has 4 heterocycles. The number of nitrogens with one attached hydrogen (secondary N) is 1. The lowest BCUT2D eigenvalue weighted by atomic mass is 9.64. The maximum absolute atomic E-state index is 14.8. The van der Waals surface area contributed by atoms with Crippen molar-refractivity contribution in [3.8, 4) is 11.5 Å². The van der Waals surface area contributed by atoms with Crippen LogP contribution in [0, 0.1) is 5.92 Å². The quantitative estimate of drug-likeness (QED) is 0.281.